The van der Waals surface area contributed by atoms with Gasteiger partial charge in [0.1, 0.15) is 11.6 Å². The second-order valence-corrected chi connectivity index (χ2v) is 6.52. The first-order valence-electron chi connectivity index (χ1n) is 9.52. The lowest BCUT2D eigenvalue weighted by molar-refractivity contribution is 0.172. The second-order valence-electron chi connectivity index (χ2n) is 6.52. The zero-order chi connectivity index (χ0) is 20.2. The molecule has 0 aliphatic carbocycles. The lowest BCUT2D eigenvalue weighted by Gasteiger charge is -2.13. The zero-order valence-corrected chi connectivity index (χ0v) is 16.9. The van der Waals surface area contributed by atoms with Gasteiger partial charge < -0.3 is 20.1 Å². The third kappa shape index (κ3) is 7.56. The van der Waals surface area contributed by atoms with Crippen LogP contribution in [0, 0.1) is 12.7 Å². The predicted molar refractivity (Wildman–Crippen MR) is 111 cm³/mol. The first-order valence-corrected chi connectivity index (χ1v) is 9.52. The first-order chi connectivity index (χ1) is 13.6. The zero-order valence-electron chi connectivity index (χ0n) is 16.9. The molecule has 0 unspecified atom stereocenters. The van der Waals surface area contributed by atoms with E-state index >= 15 is 0 Å². The van der Waals surface area contributed by atoms with Crippen molar-refractivity contribution >= 4 is 5.96 Å². The Bertz CT molecular complexity index is 765. The van der Waals surface area contributed by atoms with Crippen LogP contribution in [0.25, 0.3) is 0 Å². The van der Waals surface area contributed by atoms with Gasteiger partial charge in [-0.2, -0.15) is 0 Å². The summed E-state index contributed by atoms with van der Waals surface area (Å²) in [5, 5.41) is 6.60. The van der Waals surface area contributed by atoms with Crippen molar-refractivity contribution in [2.75, 3.05) is 33.9 Å². The number of nitrogens with one attached hydrogen (secondary N) is 2. The van der Waals surface area contributed by atoms with Crippen molar-refractivity contribution in [3.8, 4) is 5.75 Å². The van der Waals surface area contributed by atoms with Gasteiger partial charge in [-0.25, -0.2) is 4.39 Å². The van der Waals surface area contributed by atoms with Gasteiger partial charge in [0, 0.05) is 40.3 Å². The number of aliphatic imine (C=N–C) groups is 1. The summed E-state index contributed by atoms with van der Waals surface area (Å²) in [5.41, 5.74) is 3.20. The molecule has 2 rings (SSSR count). The molecule has 2 N–H and O–H groups in total. The van der Waals surface area contributed by atoms with Gasteiger partial charge in [-0.1, -0.05) is 18.2 Å². The Hall–Kier alpha value is -2.60. The molecule has 0 radical (unpaired) electrons. The van der Waals surface area contributed by atoms with Gasteiger partial charge >= 0.3 is 0 Å². The molecule has 0 amide bonds. The average Bonchev–Trinajstić information content (AvgIpc) is 2.70. The van der Waals surface area contributed by atoms with Crippen LogP contribution < -0.4 is 15.4 Å². The maximum atomic E-state index is 13.2. The molecule has 0 saturated heterocycles. The Morgan fingerprint density at radius 1 is 1.11 bits per heavy atom. The normalized spacial score (nSPS) is 11.4. The van der Waals surface area contributed by atoms with Crippen molar-refractivity contribution in [2.45, 2.75) is 26.3 Å². The van der Waals surface area contributed by atoms with E-state index in [0.29, 0.717) is 19.8 Å². The lowest BCUT2D eigenvalue weighted by atomic mass is 10.1. The quantitative estimate of drug-likeness (QED) is 0.372. The Labute approximate surface area is 167 Å². The summed E-state index contributed by atoms with van der Waals surface area (Å²) in [6, 6.07) is 12.9. The highest BCUT2D eigenvalue weighted by Crippen LogP contribution is 2.13. The molecule has 2 aromatic rings. The highest BCUT2D eigenvalue weighted by molar-refractivity contribution is 5.79. The third-order valence-corrected chi connectivity index (χ3v) is 4.33. The molecule has 0 fully saturated rings. The van der Waals surface area contributed by atoms with Crippen molar-refractivity contribution in [1.29, 1.82) is 0 Å². The van der Waals surface area contributed by atoms with E-state index in [-0.39, 0.29) is 5.82 Å². The number of nitrogens with zero attached hydrogens (tertiary/aromatic N) is 1. The minimum atomic E-state index is -0.198. The van der Waals surface area contributed by atoms with Crippen LogP contribution in [0.5, 0.6) is 5.75 Å². The molecular weight excluding hydrogens is 357 g/mol. The van der Waals surface area contributed by atoms with Crippen LogP contribution in [0.15, 0.2) is 47.5 Å². The van der Waals surface area contributed by atoms with Crippen LogP contribution in [0.1, 0.15) is 23.1 Å². The summed E-state index contributed by atoms with van der Waals surface area (Å²) in [6.45, 7) is 4.62. The van der Waals surface area contributed by atoms with E-state index in [9.17, 15) is 4.39 Å². The van der Waals surface area contributed by atoms with E-state index in [4.69, 9.17) is 9.47 Å². The van der Waals surface area contributed by atoms with E-state index in [1.165, 1.54) is 6.07 Å². The maximum Gasteiger partial charge on any atom is 0.191 e. The van der Waals surface area contributed by atoms with Crippen molar-refractivity contribution in [3.63, 3.8) is 0 Å². The highest BCUT2D eigenvalue weighted by atomic mass is 19.1. The number of benzene rings is 2. The van der Waals surface area contributed by atoms with Gasteiger partial charge in [-0.15, -0.1) is 0 Å². The first kappa shape index (κ1) is 21.7. The fourth-order valence-electron chi connectivity index (χ4n) is 2.80. The molecule has 28 heavy (non-hydrogen) atoms. The average molecular weight is 387 g/mol. The van der Waals surface area contributed by atoms with Crippen molar-refractivity contribution < 1.29 is 13.9 Å². The second kappa shape index (κ2) is 12.0. The molecule has 6 heteroatoms. The van der Waals surface area contributed by atoms with Crippen LogP contribution >= 0.6 is 0 Å². The van der Waals surface area contributed by atoms with E-state index in [1.54, 1.807) is 20.2 Å². The van der Waals surface area contributed by atoms with Gasteiger partial charge in [0.2, 0.25) is 0 Å². The topological polar surface area (TPSA) is 54.9 Å². The molecule has 2 aromatic carbocycles. The van der Waals surface area contributed by atoms with E-state index < -0.39 is 0 Å². The van der Waals surface area contributed by atoms with Gasteiger partial charge in [0.15, 0.2) is 5.96 Å². The Morgan fingerprint density at radius 2 is 1.96 bits per heavy atom. The highest BCUT2D eigenvalue weighted by Gasteiger charge is 2.03. The summed E-state index contributed by atoms with van der Waals surface area (Å²) in [5.74, 6) is 1.38. The number of hydrogen-bond acceptors (Lipinski definition) is 3. The van der Waals surface area contributed by atoms with Crippen LogP contribution in [-0.2, 0) is 17.7 Å². The van der Waals surface area contributed by atoms with Crippen molar-refractivity contribution in [1.82, 2.24) is 10.6 Å². The van der Waals surface area contributed by atoms with Crippen LogP contribution in [0.4, 0.5) is 4.39 Å². The van der Waals surface area contributed by atoms with E-state index in [1.807, 2.05) is 37.3 Å². The van der Waals surface area contributed by atoms with E-state index in [0.717, 1.165) is 47.8 Å². The fourth-order valence-corrected chi connectivity index (χ4v) is 2.80. The molecule has 0 spiro atoms. The van der Waals surface area contributed by atoms with Crippen molar-refractivity contribution in [2.24, 2.45) is 4.99 Å². The summed E-state index contributed by atoms with van der Waals surface area (Å²) < 4.78 is 23.9. The standard InChI is InChI=1S/C22H30FN3O2/c1-17-14-20(23)9-8-19(17)10-11-25-22(24-2)26-16-18-6-4-7-21(15-18)28-13-5-12-27-3/h4,6-9,14-15H,5,10-13,16H2,1-3H3,(H2,24,25,26). The molecule has 0 heterocycles. The number of rotatable bonds is 10. The van der Waals surface area contributed by atoms with Crippen LogP contribution in [0.2, 0.25) is 0 Å². The fraction of sp³-hybridized carbons (Fsp3) is 0.409. The summed E-state index contributed by atoms with van der Waals surface area (Å²) in [6.07, 6.45) is 1.67. The number of halogens is 1. The molecule has 152 valence electrons. The van der Waals surface area contributed by atoms with Crippen LogP contribution in [-0.4, -0.2) is 39.9 Å². The number of methoxy groups -OCH3 is 1. The van der Waals surface area contributed by atoms with Crippen LogP contribution in [0.3, 0.4) is 0 Å². The molecule has 0 aliphatic heterocycles. The Kier molecular flexibility index (Phi) is 9.28. The van der Waals surface area contributed by atoms with Gasteiger partial charge in [0.25, 0.3) is 0 Å². The Morgan fingerprint density at radius 3 is 2.71 bits per heavy atom. The molecule has 0 bridgehead atoms. The summed E-state index contributed by atoms with van der Waals surface area (Å²) in [4.78, 5) is 4.25. The predicted octanol–water partition coefficient (Wildman–Crippen LogP) is 3.46. The van der Waals surface area contributed by atoms with Gasteiger partial charge in [-0.05, 0) is 54.3 Å². The minimum absolute atomic E-state index is 0.198. The largest absolute Gasteiger partial charge is 0.493 e. The number of aryl methyl sites for hydroxylation is 1. The van der Waals surface area contributed by atoms with Gasteiger partial charge in [0.05, 0.1) is 6.61 Å². The number of guanidine groups is 1. The smallest absolute Gasteiger partial charge is 0.191 e. The SMILES string of the molecule is CN=C(NCCc1ccc(F)cc1C)NCc1cccc(OCCCOC)c1. The maximum absolute atomic E-state index is 13.2. The summed E-state index contributed by atoms with van der Waals surface area (Å²) >= 11 is 0. The minimum Gasteiger partial charge on any atom is -0.493 e. The monoisotopic (exact) mass is 387 g/mol. The van der Waals surface area contributed by atoms with E-state index in [2.05, 4.69) is 15.6 Å². The van der Waals surface area contributed by atoms with Gasteiger partial charge in [-0.3, -0.25) is 4.99 Å². The summed E-state index contributed by atoms with van der Waals surface area (Å²) in [7, 11) is 3.43. The molecule has 0 atom stereocenters. The number of ether oxygens (including phenoxy) is 2. The lowest BCUT2D eigenvalue weighted by Crippen LogP contribution is -2.37. The molecule has 5 nitrogen and oxygen atoms in total. The van der Waals surface area contributed by atoms with Crippen molar-refractivity contribution in [3.05, 3.63) is 65.0 Å². The molecule has 0 saturated carbocycles. The third-order valence-electron chi connectivity index (χ3n) is 4.33. The Balaban J connectivity index is 1.77. The molecule has 0 aromatic heterocycles. The number of hydrogen-bond donors (Lipinski definition) is 2. The molecular formula is C22H30FN3O2. The molecule has 0 aliphatic rings.